The first kappa shape index (κ1) is 17.9. The summed E-state index contributed by atoms with van der Waals surface area (Å²) < 4.78 is 0.780. The minimum atomic E-state index is -0.498. The second-order valence-electron chi connectivity index (χ2n) is 5.77. The molecule has 2 aromatic carbocycles. The highest BCUT2D eigenvalue weighted by atomic mass is 79.9. The fourth-order valence-corrected chi connectivity index (χ4v) is 3.09. The molecule has 3 N–H and O–H groups in total. The van der Waals surface area contributed by atoms with Crippen LogP contribution in [0.15, 0.2) is 51.7 Å². The van der Waals surface area contributed by atoms with Crippen LogP contribution in [0.25, 0.3) is 10.9 Å². The van der Waals surface area contributed by atoms with Crippen molar-refractivity contribution in [3.63, 3.8) is 0 Å². The van der Waals surface area contributed by atoms with E-state index in [-0.39, 0.29) is 17.0 Å². The van der Waals surface area contributed by atoms with E-state index in [0.29, 0.717) is 22.2 Å². The zero-order valence-corrected chi connectivity index (χ0v) is 15.7. The van der Waals surface area contributed by atoms with Gasteiger partial charge in [0.1, 0.15) is 5.69 Å². The molecule has 2 amide bonds. The highest BCUT2D eigenvalue weighted by Gasteiger charge is 2.17. The van der Waals surface area contributed by atoms with Crippen LogP contribution in [-0.4, -0.2) is 23.8 Å². The third-order valence-corrected chi connectivity index (χ3v) is 4.50. The Morgan fingerprint density at radius 3 is 2.58 bits per heavy atom. The number of carbonyl (C=O) groups excluding carboxylic acids is 2. The van der Waals surface area contributed by atoms with Gasteiger partial charge in [-0.3, -0.25) is 14.4 Å². The molecule has 0 bridgehead atoms. The Labute approximate surface area is 157 Å². The summed E-state index contributed by atoms with van der Waals surface area (Å²) in [6.07, 6.45) is 0. The summed E-state index contributed by atoms with van der Waals surface area (Å²) in [6, 6.07) is 11.6. The van der Waals surface area contributed by atoms with Crippen molar-refractivity contribution in [3.05, 3.63) is 74.0 Å². The van der Waals surface area contributed by atoms with Gasteiger partial charge in [0.15, 0.2) is 5.43 Å². The number of carbonyl (C=O) groups is 2. The van der Waals surface area contributed by atoms with Crippen LogP contribution in [0.2, 0.25) is 0 Å². The summed E-state index contributed by atoms with van der Waals surface area (Å²) in [7, 11) is 1.53. The number of aryl methyl sites for hydroxylation is 1. The highest BCUT2D eigenvalue weighted by molar-refractivity contribution is 9.10. The molecule has 1 aromatic heterocycles. The fraction of sp³-hybridized carbons (Fsp3) is 0.105. The average Bonchev–Trinajstić information content (AvgIpc) is 2.61. The molecule has 0 aliphatic carbocycles. The van der Waals surface area contributed by atoms with Crippen molar-refractivity contribution < 1.29 is 9.59 Å². The number of anilines is 1. The Bertz CT molecular complexity index is 1090. The highest BCUT2D eigenvalue weighted by Crippen LogP contribution is 2.21. The number of aromatic nitrogens is 1. The standard InChI is InChI=1S/C19H16BrN3O3/c1-10-4-3-5-14(17(10)19(26)21-2)23-18(25)15-9-16(24)12-8-11(20)6-7-13(12)22-15/h3-9H,1-2H3,(H,21,26)(H,22,24)(H,23,25). The van der Waals surface area contributed by atoms with Gasteiger partial charge in [-0.2, -0.15) is 0 Å². The van der Waals surface area contributed by atoms with Crippen LogP contribution >= 0.6 is 15.9 Å². The average molecular weight is 414 g/mol. The number of H-pyrrole nitrogens is 1. The van der Waals surface area contributed by atoms with Crippen molar-refractivity contribution in [2.75, 3.05) is 12.4 Å². The summed E-state index contributed by atoms with van der Waals surface area (Å²) in [4.78, 5) is 40.0. The third-order valence-electron chi connectivity index (χ3n) is 4.01. The normalized spacial score (nSPS) is 10.6. The number of pyridine rings is 1. The third kappa shape index (κ3) is 3.39. The quantitative estimate of drug-likeness (QED) is 0.615. The summed E-state index contributed by atoms with van der Waals surface area (Å²) in [5.74, 6) is -0.794. The van der Waals surface area contributed by atoms with Crippen LogP contribution in [0.4, 0.5) is 5.69 Å². The number of fused-ring (bicyclic) bond motifs is 1. The largest absolute Gasteiger partial charge is 0.355 e. The van der Waals surface area contributed by atoms with Crippen LogP contribution in [0, 0.1) is 6.92 Å². The molecule has 1 heterocycles. The maximum atomic E-state index is 12.6. The first-order chi connectivity index (χ1) is 12.4. The number of aromatic amines is 1. The predicted molar refractivity (Wildman–Crippen MR) is 105 cm³/mol. The fourth-order valence-electron chi connectivity index (χ4n) is 2.73. The number of hydrogen-bond acceptors (Lipinski definition) is 3. The molecule has 0 unspecified atom stereocenters. The summed E-state index contributed by atoms with van der Waals surface area (Å²) in [5, 5.41) is 5.75. The first-order valence-electron chi connectivity index (χ1n) is 7.86. The van der Waals surface area contributed by atoms with Gasteiger partial charge in [0.25, 0.3) is 11.8 Å². The second-order valence-corrected chi connectivity index (χ2v) is 6.68. The summed E-state index contributed by atoms with van der Waals surface area (Å²) >= 11 is 3.32. The Morgan fingerprint density at radius 1 is 1.08 bits per heavy atom. The Morgan fingerprint density at radius 2 is 1.85 bits per heavy atom. The van der Waals surface area contributed by atoms with Gasteiger partial charge in [0.05, 0.1) is 11.3 Å². The Balaban J connectivity index is 2.01. The minimum Gasteiger partial charge on any atom is -0.355 e. The van der Waals surface area contributed by atoms with E-state index in [0.717, 1.165) is 10.0 Å². The van der Waals surface area contributed by atoms with E-state index in [9.17, 15) is 14.4 Å². The van der Waals surface area contributed by atoms with E-state index in [4.69, 9.17) is 0 Å². The smallest absolute Gasteiger partial charge is 0.272 e. The molecular formula is C19H16BrN3O3. The molecule has 26 heavy (non-hydrogen) atoms. The lowest BCUT2D eigenvalue weighted by Crippen LogP contribution is -2.23. The van der Waals surface area contributed by atoms with Gasteiger partial charge in [-0.05, 0) is 36.8 Å². The maximum absolute atomic E-state index is 12.6. The number of benzene rings is 2. The molecular weight excluding hydrogens is 398 g/mol. The monoisotopic (exact) mass is 413 g/mol. The van der Waals surface area contributed by atoms with E-state index in [1.165, 1.54) is 13.1 Å². The number of halogens is 1. The molecule has 0 spiro atoms. The van der Waals surface area contributed by atoms with Crippen LogP contribution in [0.1, 0.15) is 26.4 Å². The zero-order valence-electron chi connectivity index (χ0n) is 14.1. The van der Waals surface area contributed by atoms with Crippen LogP contribution in [0.5, 0.6) is 0 Å². The minimum absolute atomic E-state index is 0.120. The van der Waals surface area contributed by atoms with Gasteiger partial charge >= 0.3 is 0 Å². The SMILES string of the molecule is CNC(=O)c1c(C)cccc1NC(=O)c1cc(=O)c2cc(Br)ccc2[nH]1. The van der Waals surface area contributed by atoms with E-state index >= 15 is 0 Å². The van der Waals surface area contributed by atoms with Gasteiger partial charge in [0, 0.05) is 28.5 Å². The molecule has 7 heteroatoms. The number of rotatable bonds is 3. The van der Waals surface area contributed by atoms with E-state index in [2.05, 4.69) is 31.5 Å². The van der Waals surface area contributed by atoms with Crippen LogP contribution < -0.4 is 16.1 Å². The van der Waals surface area contributed by atoms with E-state index in [1.54, 1.807) is 43.3 Å². The lowest BCUT2D eigenvalue weighted by Gasteiger charge is -2.13. The molecule has 0 fully saturated rings. The molecule has 0 saturated carbocycles. The molecule has 0 aliphatic rings. The van der Waals surface area contributed by atoms with E-state index in [1.807, 2.05) is 0 Å². The Kier molecular flexibility index (Phi) is 4.90. The molecule has 0 atom stereocenters. The van der Waals surface area contributed by atoms with Crippen molar-refractivity contribution in [2.24, 2.45) is 0 Å². The van der Waals surface area contributed by atoms with Crippen molar-refractivity contribution in [1.29, 1.82) is 0 Å². The Hall–Kier alpha value is -2.93. The molecule has 132 valence electrons. The number of amides is 2. The van der Waals surface area contributed by atoms with Crippen molar-refractivity contribution >= 4 is 44.3 Å². The molecule has 0 aliphatic heterocycles. The summed E-state index contributed by atoms with van der Waals surface area (Å²) in [5.41, 5.74) is 1.91. The molecule has 0 saturated heterocycles. The molecule has 0 radical (unpaired) electrons. The lowest BCUT2D eigenvalue weighted by atomic mass is 10.1. The zero-order chi connectivity index (χ0) is 18.8. The molecule has 3 rings (SSSR count). The number of hydrogen-bond donors (Lipinski definition) is 3. The predicted octanol–water partition coefficient (Wildman–Crippen LogP) is 3.21. The number of nitrogens with one attached hydrogen (secondary N) is 3. The summed E-state index contributed by atoms with van der Waals surface area (Å²) in [6.45, 7) is 1.79. The van der Waals surface area contributed by atoms with E-state index < -0.39 is 5.91 Å². The van der Waals surface area contributed by atoms with Gasteiger partial charge in [-0.15, -0.1) is 0 Å². The van der Waals surface area contributed by atoms with Gasteiger partial charge < -0.3 is 15.6 Å². The maximum Gasteiger partial charge on any atom is 0.272 e. The first-order valence-corrected chi connectivity index (χ1v) is 8.65. The van der Waals surface area contributed by atoms with Gasteiger partial charge in [-0.25, -0.2) is 0 Å². The van der Waals surface area contributed by atoms with Crippen LogP contribution in [0.3, 0.4) is 0 Å². The topological polar surface area (TPSA) is 91.1 Å². The van der Waals surface area contributed by atoms with Gasteiger partial charge in [-0.1, -0.05) is 28.1 Å². The molecule has 6 nitrogen and oxygen atoms in total. The lowest BCUT2D eigenvalue weighted by molar-refractivity contribution is 0.0963. The van der Waals surface area contributed by atoms with Gasteiger partial charge in [0.2, 0.25) is 0 Å². The van der Waals surface area contributed by atoms with Crippen molar-refractivity contribution in [2.45, 2.75) is 6.92 Å². The van der Waals surface area contributed by atoms with Crippen molar-refractivity contribution in [3.8, 4) is 0 Å². The molecule has 3 aromatic rings. The second kappa shape index (κ2) is 7.13. The van der Waals surface area contributed by atoms with Crippen molar-refractivity contribution in [1.82, 2.24) is 10.3 Å². The van der Waals surface area contributed by atoms with Crippen LogP contribution in [-0.2, 0) is 0 Å².